The Morgan fingerprint density at radius 2 is 1.71 bits per heavy atom. The zero-order valence-corrected chi connectivity index (χ0v) is 22.8. The van der Waals surface area contributed by atoms with Crippen LogP contribution in [0.15, 0.2) is 72.0 Å². The van der Waals surface area contributed by atoms with Crippen LogP contribution in [0.25, 0.3) is 21.9 Å². The third-order valence-corrected chi connectivity index (χ3v) is 6.54. The lowest BCUT2D eigenvalue weighted by molar-refractivity contribution is -0.118. The van der Waals surface area contributed by atoms with Crippen LogP contribution in [-0.4, -0.2) is 77.3 Å². The van der Waals surface area contributed by atoms with E-state index in [0.29, 0.717) is 44.3 Å². The van der Waals surface area contributed by atoms with E-state index < -0.39 is 11.8 Å². The maximum Gasteiger partial charge on any atom is 0.337 e. The predicted molar refractivity (Wildman–Crippen MR) is 155 cm³/mol. The van der Waals surface area contributed by atoms with Crippen molar-refractivity contribution in [2.75, 3.05) is 39.7 Å². The Morgan fingerprint density at radius 1 is 0.976 bits per heavy atom. The van der Waals surface area contributed by atoms with Gasteiger partial charge in [0.25, 0.3) is 0 Å². The van der Waals surface area contributed by atoms with Gasteiger partial charge in [0.1, 0.15) is 5.82 Å². The number of carbonyl (C=O) groups is 2. The molecule has 0 bridgehead atoms. The molecule has 0 spiro atoms. The van der Waals surface area contributed by atoms with Gasteiger partial charge in [0.15, 0.2) is 5.88 Å². The second-order valence-electron chi connectivity index (χ2n) is 9.65. The van der Waals surface area contributed by atoms with Crippen molar-refractivity contribution >= 4 is 50.9 Å². The molecular formula is C30H27FN6O4. The van der Waals surface area contributed by atoms with E-state index in [4.69, 9.17) is 9.73 Å². The van der Waals surface area contributed by atoms with Crippen LogP contribution in [0.5, 0.6) is 5.88 Å². The van der Waals surface area contributed by atoms with Crippen molar-refractivity contribution in [3.63, 3.8) is 0 Å². The molecule has 0 saturated carbocycles. The van der Waals surface area contributed by atoms with Gasteiger partial charge in [0.2, 0.25) is 5.91 Å². The van der Waals surface area contributed by atoms with E-state index in [0.717, 1.165) is 0 Å². The lowest BCUT2D eigenvalue weighted by Gasteiger charge is -2.20. The molecule has 2 aromatic heterocycles. The number of amides is 1. The van der Waals surface area contributed by atoms with Crippen molar-refractivity contribution in [2.45, 2.75) is 0 Å². The maximum atomic E-state index is 15.3. The summed E-state index contributed by atoms with van der Waals surface area (Å²) in [6, 6.07) is 14.5. The quantitative estimate of drug-likeness (QED) is 0.225. The summed E-state index contributed by atoms with van der Waals surface area (Å²) in [6.07, 6.45) is 3.16. The molecule has 10 nitrogen and oxygen atoms in total. The average Bonchev–Trinajstić information content (AvgIpc) is 3.29. The molecule has 208 valence electrons. The number of aromatic amines is 1. The number of aromatic hydroxyl groups is 1. The topological polar surface area (TPSA) is 124 Å². The molecule has 0 fully saturated rings. The molecule has 11 heteroatoms. The maximum absolute atomic E-state index is 15.3. The summed E-state index contributed by atoms with van der Waals surface area (Å²) in [4.78, 5) is 43.9. The highest BCUT2D eigenvalue weighted by Gasteiger charge is 2.21. The van der Waals surface area contributed by atoms with E-state index in [1.165, 1.54) is 31.2 Å². The van der Waals surface area contributed by atoms with Gasteiger partial charge < -0.3 is 24.6 Å². The molecule has 2 N–H and O–H groups in total. The number of ether oxygens (including phenoxy) is 1. The number of aliphatic imine (C=N–C) groups is 1. The van der Waals surface area contributed by atoms with E-state index in [2.05, 4.69) is 15.0 Å². The fourth-order valence-corrected chi connectivity index (χ4v) is 4.52. The number of nitrogens with one attached hydrogen (secondary N) is 1. The van der Waals surface area contributed by atoms with Crippen LogP contribution in [0.4, 0.5) is 15.8 Å². The molecule has 0 atom stereocenters. The van der Waals surface area contributed by atoms with Gasteiger partial charge in [-0.2, -0.15) is 0 Å². The zero-order valence-electron chi connectivity index (χ0n) is 22.8. The number of benzene rings is 3. The van der Waals surface area contributed by atoms with Crippen molar-refractivity contribution in [2.24, 2.45) is 4.99 Å². The number of methoxy groups -OCH3 is 1. The van der Waals surface area contributed by atoms with E-state index in [1.54, 1.807) is 73.9 Å². The summed E-state index contributed by atoms with van der Waals surface area (Å²) >= 11 is 0. The standard InChI is InChI=1S/C30H27FN6O4/c1-36(2)16-26(38)37(3)25-10-7-19(15-21(25)31)34-28(17-6-9-22-24(13-17)33-12-11-32-22)27-20-8-5-18(30(40)41-4)14-23(20)35-29(27)39/h5-15,35,39H,16H2,1-4H3. The molecule has 41 heavy (non-hydrogen) atoms. The fourth-order valence-electron chi connectivity index (χ4n) is 4.52. The van der Waals surface area contributed by atoms with Gasteiger partial charge >= 0.3 is 5.97 Å². The number of esters is 1. The normalized spacial score (nSPS) is 11.8. The van der Waals surface area contributed by atoms with E-state index in [1.807, 2.05) is 0 Å². The second-order valence-corrected chi connectivity index (χ2v) is 9.65. The van der Waals surface area contributed by atoms with Crippen LogP contribution >= 0.6 is 0 Å². The third-order valence-electron chi connectivity index (χ3n) is 6.54. The summed E-state index contributed by atoms with van der Waals surface area (Å²) in [5.41, 5.74) is 3.70. The first-order chi connectivity index (χ1) is 19.7. The van der Waals surface area contributed by atoms with E-state index in [-0.39, 0.29) is 29.7 Å². The molecule has 3 aromatic carbocycles. The summed E-state index contributed by atoms with van der Waals surface area (Å²) in [5.74, 6) is -1.60. The molecule has 0 aliphatic rings. The number of rotatable bonds is 7. The summed E-state index contributed by atoms with van der Waals surface area (Å²) in [7, 11) is 6.32. The predicted octanol–water partition coefficient (Wildman–Crippen LogP) is 4.44. The fraction of sp³-hybridized carbons (Fsp3) is 0.167. The van der Waals surface area contributed by atoms with Gasteiger partial charge in [-0.3, -0.25) is 14.8 Å². The lowest BCUT2D eigenvalue weighted by Crippen LogP contribution is -2.35. The zero-order chi connectivity index (χ0) is 29.3. The monoisotopic (exact) mass is 554 g/mol. The SMILES string of the molecule is COC(=O)c1ccc2c(C(=Nc3ccc(N(C)C(=O)CN(C)C)c(F)c3)c3ccc4nccnc4c3)c(O)[nH]c2c1. The minimum atomic E-state index is -0.629. The Morgan fingerprint density at radius 3 is 2.41 bits per heavy atom. The summed E-state index contributed by atoms with van der Waals surface area (Å²) < 4.78 is 20.1. The van der Waals surface area contributed by atoms with E-state index >= 15 is 4.39 Å². The van der Waals surface area contributed by atoms with Crippen molar-refractivity contribution in [3.8, 4) is 5.88 Å². The van der Waals surface area contributed by atoms with Gasteiger partial charge in [-0.15, -0.1) is 0 Å². The number of hydrogen-bond donors (Lipinski definition) is 2. The van der Waals surface area contributed by atoms with Crippen LogP contribution in [0, 0.1) is 5.82 Å². The average molecular weight is 555 g/mol. The number of carbonyl (C=O) groups excluding carboxylic acids is 2. The van der Waals surface area contributed by atoms with Gasteiger partial charge in [0, 0.05) is 42.0 Å². The number of anilines is 1. The van der Waals surface area contributed by atoms with Crippen LogP contribution in [-0.2, 0) is 9.53 Å². The molecule has 0 radical (unpaired) electrons. The van der Waals surface area contributed by atoms with Crippen molar-refractivity contribution < 1.29 is 23.8 Å². The first kappa shape index (κ1) is 27.4. The first-order valence-electron chi connectivity index (χ1n) is 12.6. The number of hydrogen-bond acceptors (Lipinski definition) is 8. The van der Waals surface area contributed by atoms with Crippen LogP contribution < -0.4 is 4.90 Å². The van der Waals surface area contributed by atoms with Crippen molar-refractivity contribution in [3.05, 3.63) is 89.5 Å². The Bertz CT molecular complexity index is 1830. The van der Waals surface area contributed by atoms with Crippen molar-refractivity contribution in [1.29, 1.82) is 0 Å². The first-order valence-corrected chi connectivity index (χ1v) is 12.6. The molecule has 5 rings (SSSR count). The summed E-state index contributed by atoms with van der Waals surface area (Å²) in [6.45, 7) is 0.127. The minimum absolute atomic E-state index is 0.114. The highest BCUT2D eigenvalue weighted by molar-refractivity contribution is 6.22. The Kier molecular flexibility index (Phi) is 7.45. The van der Waals surface area contributed by atoms with Gasteiger partial charge in [-0.25, -0.2) is 14.2 Å². The Balaban J connectivity index is 1.66. The number of nitrogens with zero attached hydrogens (tertiary/aromatic N) is 5. The molecule has 0 aliphatic carbocycles. The van der Waals surface area contributed by atoms with Crippen molar-refractivity contribution in [1.82, 2.24) is 19.9 Å². The van der Waals surface area contributed by atoms with Gasteiger partial charge in [-0.1, -0.05) is 12.1 Å². The number of fused-ring (bicyclic) bond motifs is 2. The highest BCUT2D eigenvalue weighted by Crippen LogP contribution is 2.33. The molecule has 5 aromatic rings. The number of H-pyrrole nitrogens is 1. The smallest absolute Gasteiger partial charge is 0.337 e. The molecular weight excluding hydrogens is 527 g/mol. The molecule has 1 amide bonds. The molecule has 0 aliphatic heterocycles. The second kappa shape index (κ2) is 11.1. The van der Waals surface area contributed by atoms with E-state index in [9.17, 15) is 14.7 Å². The van der Waals surface area contributed by atoms with Crippen LogP contribution in [0.1, 0.15) is 21.5 Å². The van der Waals surface area contributed by atoms with Gasteiger partial charge in [-0.05, 0) is 50.5 Å². The summed E-state index contributed by atoms with van der Waals surface area (Å²) in [5, 5.41) is 11.6. The van der Waals surface area contributed by atoms with Gasteiger partial charge in [0.05, 0.1) is 52.9 Å². The number of aromatic nitrogens is 3. The lowest BCUT2D eigenvalue weighted by atomic mass is 9.99. The third kappa shape index (κ3) is 5.48. The Hall–Kier alpha value is -5.16. The Labute approximate surface area is 234 Å². The van der Waals surface area contributed by atoms with Crippen LogP contribution in [0.3, 0.4) is 0 Å². The molecule has 2 heterocycles. The minimum Gasteiger partial charge on any atom is -0.494 e. The largest absolute Gasteiger partial charge is 0.494 e. The van der Waals surface area contributed by atoms with Crippen LogP contribution in [0.2, 0.25) is 0 Å². The molecule has 0 unspecified atom stereocenters. The highest BCUT2D eigenvalue weighted by atomic mass is 19.1. The number of halogens is 1. The molecule has 0 saturated heterocycles. The number of likely N-dealkylation sites (N-methyl/N-ethyl adjacent to an activating group) is 2.